The molecule has 4 fully saturated rings. The summed E-state index contributed by atoms with van der Waals surface area (Å²) in [5.41, 5.74) is 1.72. The Kier molecular flexibility index (Phi) is 3.61. The van der Waals surface area contributed by atoms with Gasteiger partial charge in [-0.05, 0) is 96.7 Å². The summed E-state index contributed by atoms with van der Waals surface area (Å²) in [7, 11) is 0. The van der Waals surface area contributed by atoms with E-state index in [-0.39, 0.29) is 0 Å². The zero-order chi connectivity index (χ0) is 14.4. The highest BCUT2D eigenvalue weighted by molar-refractivity contribution is 9.10. The van der Waals surface area contributed by atoms with E-state index in [9.17, 15) is 0 Å². The first-order valence-corrected chi connectivity index (χ1v) is 9.27. The van der Waals surface area contributed by atoms with Crippen molar-refractivity contribution in [2.24, 2.45) is 23.2 Å². The fourth-order valence-electron chi connectivity index (χ4n) is 5.73. The molecule has 0 radical (unpaired) electrons. The van der Waals surface area contributed by atoms with Crippen LogP contribution in [0, 0.1) is 23.2 Å². The lowest BCUT2D eigenvalue weighted by atomic mass is 9.48. The Bertz CT molecular complexity index is 492. The molecule has 21 heavy (non-hydrogen) atoms. The van der Waals surface area contributed by atoms with E-state index < -0.39 is 0 Å². The molecule has 0 spiro atoms. The predicted octanol–water partition coefficient (Wildman–Crippen LogP) is 4.54. The lowest BCUT2D eigenvalue weighted by Crippen LogP contribution is -2.54. The van der Waals surface area contributed by atoms with Gasteiger partial charge in [0.25, 0.3) is 0 Å². The summed E-state index contributed by atoms with van der Waals surface area (Å²) >= 11 is 3.46. The highest BCUT2D eigenvalue weighted by Gasteiger charge is 2.52. The largest absolute Gasteiger partial charge is 0.308 e. The molecule has 1 heterocycles. The summed E-state index contributed by atoms with van der Waals surface area (Å²) in [6.07, 6.45) is 8.99. The SMILES string of the molecule is CC(NCc1cccc(Br)n1)C12CC3CC(CC(C3)C1)C2. The number of hydrogen-bond donors (Lipinski definition) is 1. The molecule has 1 N–H and O–H groups in total. The molecule has 1 unspecified atom stereocenters. The molecular formula is C18H25BrN2. The maximum Gasteiger partial charge on any atom is 0.106 e. The van der Waals surface area contributed by atoms with Crippen LogP contribution in [-0.4, -0.2) is 11.0 Å². The van der Waals surface area contributed by atoms with Crippen LogP contribution in [0.1, 0.15) is 51.1 Å². The fraction of sp³-hybridized carbons (Fsp3) is 0.722. The molecule has 1 atom stereocenters. The van der Waals surface area contributed by atoms with E-state index in [0.29, 0.717) is 11.5 Å². The summed E-state index contributed by atoms with van der Waals surface area (Å²) in [5.74, 6) is 3.10. The standard InChI is InChI=1S/C18H25BrN2/c1-12(20-11-16-3-2-4-17(19)21-16)18-8-13-5-14(9-18)7-15(6-13)10-18/h2-4,12-15,20H,5-11H2,1H3. The Labute approximate surface area is 136 Å². The monoisotopic (exact) mass is 348 g/mol. The zero-order valence-corrected chi connectivity index (χ0v) is 14.4. The van der Waals surface area contributed by atoms with E-state index in [2.05, 4.69) is 45.3 Å². The number of hydrogen-bond acceptors (Lipinski definition) is 2. The average Bonchev–Trinajstić information content (AvgIpc) is 2.43. The van der Waals surface area contributed by atoms with Crippen LogP contribution < -0.4 is 5.32 Å². The first-order chi connectivity index (χ1) is 10.1. The minimum absolute atomic E-state index is 0.584. The van der Waals surface area contributed by atoms with E-state index in [1.807, 2.05) is 6.07 Å². The van der Waals surface area contributed by atoms with Crippen LogP contribution in [0.15, 0.2) is 22.8 Å². The van der Waals surface area contributed by atoms with E-state index in [1.54, 1.807) is 0 Å². The molecule has 2 nitrogen and oxygen atoms in total. The van der Waals surface area contributed by atoms with E-state index >= 15 is 0 Å². The van der Waals surface area contributed by atoms with E-state index in [1.165, 1.54) is 38.5 Å². The fourth-order valence-corrected chi connectivity index (χ4v) is 6.11. The molecule has 5 rings (SSSR count). The van der Waals surface area contributed by atoms with Crippen molar-refractivity contribution in [1.82, 2.24) is 10.3 Å². The van der Waals surface area contributed by atoms with Gasteiger partial charge >= 0.3 is 0 Å². The Morgan fingerprint density at radius 3 is 2.38 bits per heavy atom. The second-order valence-corrected chi connectivity index (χ2v) is 8.65. The number of nitrogens with one attached hydrogen (secondary N) is 1. The molecule has 114 valence electrons. The molecule has 0 aromatic carbocycles. The molecular weight excluding hydrogens is 324 g/mol. The summed E-state index contributed by atoms with van der Waals surface area (Å²) < 4.78 is 0.934. The van der Waals surface area contributed by atoms with Crippen molar-refractivity contribution in [3.8, 4) is 0 Å². The van der Waals surface area contributed by atoms with Crippen LogP contribution >= 0.6 is 15.9 Å². The highest BCUT2D eigenvalue weighted by atomic mass is 79.9. The van der Waals surface area contributed by atoms with Crippen LogP contribution in [0.3, 0.4) is 0 Å². The highest BCUT2D eigenvalue weighted by Crippen LogP contribution is 2.61. The van der Waals surface area contributed by atoms with Crippen molar-refractivity contribution in [3.63, 3.8) is 0 Å². The Morgan fingerprint density at radius 1 is 1.19 bits per heavy atom. The average molecular weight is 349 g/mol. The summed E-state index contributed by atoms with van der Waals surface area (Å²) in [6, 6.07) is 6.80. The maximum absolute atomic E-state index is 4.55. The molecule has 1 aromatic heterocycles. The molecule has 4 aliphatic rings. The van der Waals surface area contributed by atoms with Crippen molar-refractivity contribution in [2.45, 2.75) is 58.0 Å². The number of rotatable bonds is 4. The van der Waals surface area contributed by atoms with Gasteiger partial charge in [0.05, 0.1) is 5.69 Å². The van der Waals surface area contributed by atoms with Crippen LogP contribution in [0.4, 0.5) is 0 Å². The van der Waals surface area contributed by atoms with Gasteiger partial charge in [-0.3, -0.25) is 0 Å². The quantitative estimate of drug-likeness (QED) is 0.808. The summed E-state index contributed by atoms with van der Waals surface area (Å²) in [5, 5.41) is 3.80. The topological polar surface area (TPSA) is 24.9 Å². The minimum Gasteiger partial charge on any atom is -0.308 e. The normalized spacial score (nSPS) is 38.7. The van der Waals surface area contributed by atoms with Crippen molar-refractivity contribution in [3.05, 3.63) is 28.5 Å². The molecule has 4 bridgehead atoms. The van der Waals surface area contributed by atoms with E-state index in [0.717, 1.165) is 34.6 Å². The van der Waals surface area contributed by atoms with Crippen LogP contribution in [0.25, 0.3) is 0 Å². The lowest BCUT2D eigenvalue weighted by Gasteiger charge is -2.59. The molecule has 3 heteroatoms. The number of halogens is 1. The first kappa shape index (κ1) is 14.2. The van der Waals surface area contributed by atoms with Gasteiger partial charge in [0.15, 0.2) is 0 Å². The van der Waals surface area contributed by atoms with Gasteiger partial charge in [0, 0.05) is 12.6 Å². The van der Waals surface area contributed by atoms with Crippen molar-refractivity contribution in [2.75, 3.05) is 0 Å². The van der Waals surface area contributed by atoms with Gasteiger partial charge in [-0.25, -0.2) is 4.98 Å². The second kappa shape index (κ2) is 5.34. The van der Waals surface area contributed by atoms with E-state index in [4.69, 9.17) is 0 Å². The minimum atomic E-state index is 0.584. The van der Waals surface area contributed by atoms with Gasteiger partial charge < -0.3 is 5.32 Å². The predicted molar refractivity (Wildman–Crippen MR) is 88.8 cm³/mol. The third-order valence-corrected chi connectivity index (χ3v) is 6.81. The van der Waals surface area contributed by atoms with Gasteiger partial charge in [0.2, 0.25) is 0 Å². The molecule has 0 saturated heterocycles. The summed E-state index contributed by atoms with van der Waals surface area (Å²) in [6.45, 7) is 3.31. The first-order valence-electron chi connectivity index (χ1n) is 8.48. The van der Waals surface area contributed by atoms with Crippen molar-refractivity contribution >= 4 is 15.9 Å². The van der Waals surface area contributed by atoms with Crippen molar-refractivity contribution in [1.29, 1.82) is 0 Å². The maximum atomic E-state index is 4.55. The summed E-state index contributed by atoms with van der Waals surface area (Å²) in [4.78, 5) is 4.55. The van der Waals surface area contributed by atoms with Crippen LogP contribution in [-0.2, 0) is 6.54 Å². The third-order valence-electron chi connectivity index (χ3n) is 6.37. The van der Waals surface area contributed by atoms with Crippen LogP contribution in [0.5, 0.6) is 0 Å². The molecule has 4 saturated carbocycles. The Morgan fingerprint density at radius 2 is 1.81 bits per heavy atom. The third kappa shape index (κ3) is 2.68. The Balaban J connectivity index is 1.44. The van der Waals surface area contributed by atoms with Gasteiger partial charge in [0.1, 0.15) is 4.60 Å². The number of nitrogens with zero attached hydrogens (tertiary/aromatic N) is 1. The molecule has 0 amide bonds. The zero-order valence-electron chi connectivity index (χ0n) is 12.8. The molecule has 4 aliphatic carbocycles. The van der Waals surface area contributed by atoms with Crippen LogP contribution in [0.2, 0.25) is 0 Å². The van der Waals surface area contributed by atoms with Gasteiger partial charge in [-0.1, -0.05) is 6.07 Å². The van der Waals surface area contributed by atoms with Gasteiger partial charge in [-0.15, -0.1) is 0 Å². The van der Waals surface area contributed by atoms with Gasteiger partial charge in [-0.2, -0.15) is 0 Å². The second-order valence-electron chi connectivity index (χ2n) is 7.83. The smallest absolute Gasteiger partial charge is 0.106 e. The molecule has 1 aromatic rings. The lowest BCUT2D eigenvalue weighted by molar-refractivity contribution is -0.0707. The molecule has 0 aliphatic heterocycles. The Hall–Kier alpha value is -0.410. The number of pyridine rings is 1. The van der Waals surface area contributed by atoms with Crippen molar-refractivity contribution < 1.29 is 0 Å². The number of aromatic nitrogens is 1.